The number of aliphatic hydroxyl groups is 1. The van der Waals surface area contributed by atoms with E-state index in [0.29, 0.717) is 5.56 Å². The molecular formula is C22H24F3N3O5. The minimum absolute atomic E-state index is 0.0983. The van der Waals surface area contributed by atoms with E-state index in [0.717, 1.165) is 12.1 Å². The molecule has 0 heterocycles. The van der Waals surface area contributed by atoms with E-state index >= 15 is 0 Å². The Labute approximate surface area is 187 Å². The van der Waals surface area contributed by atoms with Gasteiger partial charge in [0.2, 0.25) is 11.8 Å². The van der Waals surface area contributed by atoms with Crippen molar-refractivity contribution in [2.45, 2.75) is 44.3 Å². The van der Waals surface area contributed by atoms with E-state index in [1.807, 2.05) is 0 Å². The second-order valence-corrected chi connectivity index (χ2v) is 7.25. The highest BCUT2D eigenvalue weighted by Crippen LogP contribution is 2.32. The molecule has 0 aromatic heterocycles. The molecule has 178 valence electrons. The van der Waals surface area contributed by atoms with Gasteiger partial charge in [-0.25, -0.2) is 4.79 Å². The average Bonchev–Trinajstić information content (AvgIpc) is 2.75. The number of hydrogen-bond donors (Lipinski definition) is 4. The maximum atomic E-state index is 13.2. The van der Waals surface area contributed by atoms with Crippen LogP contribution in [0.25, 0.3) is 0 Å². The number of primary amides is 1. The summed E-state index contributed by atoms with van der Waals surface area (Å²) < 4.78 is 44.7. The van der Waals surface area contributed by atoms with Gasteiger partial charge >= 0.3 is 12.3 Å². The molecule has 0 aliphatic carbocycles. The zero-order chi connectivity index (χ0) is 24.6. The molecule has 2 aromatic rings. The zero-order valence-electron chi connectivity index (χ0n) is 17.6. The highest BCUT2D eigenvalue weighted by molar-refractivity contribution is 5.91. The summed E-state index contributed by atoms with van der Waals surface area (Å²) in [6.45, 7) is 1.11. The van der Waals surface area contributed by atoms with E-state index in [2.05, 4.69) is 10.6 Å². The van der Waals surface area contributed by atoms with Crippen LogP contribution in [0.2, 0.25) is 0 Å². The van der Waals surface area contributed by atoms with E-state index in [1.54, 1.807) is 30.3 Å². The number of ether oxygens (including phenoxy) is 1. The number of rotatable bonds is 9. The molecule has 0 bridgehead atoms. The summed E-state index contributed by atoms with van der Waals surface area (Å²) in [5.74, 6) is -2.11. The predicted octanol–water partition coefficient (Wildman–Crippen LogP) is 1.89. The Morgan fingerprint density at radius 1 is 1.03 bits per heavy atom. The maximum absolute atomic E-state index is 13.2. The Hall–Kier alpha value is -3.60. The minimum Gasteiger partial charge on any atom is -0.445 e. The van der Waals surface area contributed by atoms with Crippen LogP contribution < -0.4 is 16.4 Å². The first kappa shape index (κ1) is 25.7. The van der Waals surface area contributed by atoms with Crippen molar-refractivity contribution in [1.29, 1.82) is 0 Å². The van der Waals surface area contributed by atoms with Crippen molar-refractivity contribution in [3.63, 3.8) is 0 Å². The normalized spacial score (nSPS) is 14.0. The molecule has 0 fully saturated rings. The van der Waals surface area contributed by atoms with Crippen molar-refractivity contribution in [3.05, 3.63) is 71.3 Å². The monoisotopic (exact) mass is 467 g/mol. The van der Waals surface area contributed by atoms with Crippen molar-refractivity contribution >= 4 is 17.9 Å². The first-order valence-corrected chi connectivity index (χ1v) is 9.89. The van der Waals surface area contributed by atoms with Crippen LogP contribution in [0.1, 0.15) is 23.6 Å². The highest BCUT2D eigenvalue weighted by Gasteiger charge is 2.35. The highest BCUT2D eigenvalue weighted by atomic mass is 19.4. The van der Waals surface area contributed by atoms with E-state index in [9.17, 15) is 32.7 Å². The molecule has 2 rings (SSSR count). The van der Waals surface area contributed by atoms with Gasteiger partial charge < -0.3 is 26.2 Å². The number of alkyl carbamates (subject to hydrolysis) is 1. The molecule has 0 spiro atoms. The molecule has 0 saturated carbocycles. The van der Waals surface area contributed by atoms with Crippen LogP contribution in [-0.2, 0) is 33.5 Å². The van der Waals surface area contributed by atoms with E-state index in [-0.39, 0.29) is 12.2 Å². The number of alkyl halides is 3. The third kappa shape index (κ3) is 7.79. The van der Waals surface area contributed by atoms with Gasteiger partial charge in [0.05, 0.1) is 11.7 Å². The number of aliphatic hydroxyl groups excluding tert-OH is 1. The molecule has 0 aliphatic heterocycles. The van der Waals surface area contributed by atoms with Crippen molar-refractivity contribution in [3.8, 4) is 0 Å². The van der Waals surface area contributed by atoms with Gasteiger partial charge in [-0.3, -0.25) is 9.59 Å². The SMILES string of the molecule is C[C@@H](O)[C@H](NC(=O)OCc1ccccc1)C(=O)N[C@@H](Cc1ccccc1C(F)(F)F)C(N)=O. The van der Waals surface area contributed by atoms with Gasteiger partial charge in [0, 0.05) is 6.42 Å². The fraction of sp³-hybridized carbons (Fsp3) is 0.318. The standard InChI is InChI=1S/C22H24F3N3O5/c1-13(29)18(28-21(32)33-12-14-7-3-2-4-8-14)20(31)27-17(19(26)30)11-15-9-5-6-10-16(15)22(23,24)25/h2-10,13,17-18,29H,11-12H2,1H3,(H2,26,30)(H,27,31)(H,28,32)/t13-,17+,18+/m1/s1. The quantitative estimate of drug-likeness (QED) is 0.448. The van der Waals surface area contributed by atoms with Gasteiger partial charge in [-0.15, -0.1) is 0 Å². The van der Waals surface area contributed by atoms with Crippen molar-refractivity contribution in [2.75, 3.05) is 0 Å². The summed E-state index contributed by atoms with van der Waals surface area (Å²) in [7, 11) is 0. The van der Waals surface area contributed by atoms with Crippen LogP contribution in [0.3, 0.4) is 0 Å². The zero-order valence-corrected chi connectivity index (χ0v) is 17.6. The number of benzene rings is 2. The van der Waals surface area contributed by atoms with E-state index in [1.165, 1.54) is 19.1 Å². The van der Waals surface area contributed by atoms with E-state index in [4.69, 9.17) is 10.5 Å². The topological polar surface area (TPSA) is 131 Å². The number of nitrogens with two attached hydrogens (primary N) is 1. The molecule has 0 saturated heterocycles. The van der Waals surface area contributed by atoms with Crippen molar-refractivity contribution in [2.24, 2.45) is 5.73 Å². The number of carbonyl (C=O) groups is 3. The summed E-state index contributed by atoms with van der Waals surface area (Å²) >= 11 is 0. The summed E-state index contributed by atoms with van der Waals surface area (Å²) in [5, 5.41) is 14.3. The predicted molar refractivity (Wildman–Crippen MR) is 112 cm³/mol. The second kappa shape index (κ2) is 11.3. The van der Waals surface area contributed by atoms with Gasteiger partial charge in [0.25, 0.3) is 0 Å². The van der Waals surface area contributed by atoms with Crippen LogP contribution in [0.4, 0.5) is 18.0 Å². The first-order valence-electron chi connectivity index (χ1n) is 9.89. The fourth-order valence-corrected chi connectivity index (χ4v) is 2.98. The Balaban J connectivity index is 2.07. The molecule has 5 N–H and O–H groups in total. The minimum atomic E-state index is -4.67. The number of halogens is 3. The van der Waals surface area contributed by atoms with Gasteiger partial charge in [-0.2, -0.15) is 13.2 Å². The summed E-state index contributed by atoms with van der Waals surface area (Å²) in [5.41, 5.74) is 4.73. The second-order valence-electron chi connectivity index (χ2n) is 7.25. The number of amides is 3. The van der Waals surface area contributed by atoms with Crippen LogP contribution in [0, 0.1) is 0 Å². The molecule has 2 aromatic carbocycles. The summed E-state index contributed by atoms with van der Waals surface area (Å²) in [6, 6.07) is 10.2. The average molecular weight is 467 g/mol. The van der Waals surface area contributed by atoms with E-state index < -0.39 is 54.3 Å². The fourth-order valence-electron chi connectivity index (χ4n) is 2.98. The molecule has 8 nitrogen and oxygen atoms in total. The van der Waals surface area contributed by atoms with Crippen LogP contribution in [0.5, 0.6) is 0 Å². The summed E-state index contributed by atoms with van der Waals surface area (Å²) in [6.07, 6.45) is -7.64. The van der Waals surface area contributed by atoms with Gasteiger partial charge in [-0.1, -0.05) is 48.5 Å². The van der Waals surface area contributed by atoms with Crippen molar-refractivity contribution in [1.82, 2.24) is 10.6 Å². The molecular weight excluding hydrogens is 443 g/mol. The van der Waals surface area contributed by atoms with Gasteiger partial charge in [0.1, 0.15) is 18.7 Å². The summed E-state index contributed by atoms with van der Waals surface area (Å²) in [4.78, 5) is 36.5. The smallest absolute Gasteiger partial charge is 0.416 e. The molecule has 33 heavy (non-hydrogen) atoms. The lowest BCUT2D eigenvalue weighted by molar-refractivity contribution is -0.138. The number of carbonyl (C=O) groups excluding carboxylic acids is 3. The molecule has 11 heteroatoms. The third-order valence-electron chi connectivity index (χ3n) is 4.66. The largest absolute Gasteiger partial charge is 0.445 e. The lowest BCUT2D eigenvalue weighted by atomic mass is 9.99. The lowest BCUT2D eigenvalue weighted by Gasteiger charge is -2.24. The number of hydrogen-bond acceptors (Lipinski definition) is 5. The Morgan fingerprint density at radius 3 is 2.21 bits per heavy atom. The maximum Gasteiger partial charge on any atom is 0.416 e. The first-order chi connectivity index (χ1) is 15.5. The Morgan fingerprint density at radius 2 is 1.64 bits per heavy atom. The lowest BCUT2D eigenvalue weighted by Crippen LogP contribution is -2.57. The van der Waals surface area contributed by atoms with Gasteiger partial charge in [0.15, 0.2) is 0 Å². The molecule has 3 atom stereocenters. The Bertz CT molecular complexity index is 967. The molecule has 3 amide bonds. The van der Waals surface area contributed by atoms with Gasteiger partial charge in [-0.05, 0) is 24.1 Å². The molecule has 0 radical (unpaired) electrons. The van der Waals surface area contributed by atoms with Crippen LogP contribution in [0.15, 0.2) is 54.6 Å². The molecule has 0 unspecified atom stereocenters. The Kier molecular flexibility index (Phi) is 8.80. The van der Waals surface area contributed by atoms with Crippen LogP contribution >= 0.6 is 0 Å². The van der Waals surface area contributed by atoms with Crippen molar-refractivity contribution < 1.29 is 37.4 Å². The third-order valence-corrected chi connectivity index (χ3v) is 4.66. The van der Waals surface area contributed by atoms with Crippen LogP contribution in [-0.4, -0.2) is 41.2 Å². The number of nitrogens with one attached hydrogen (secondary N) is 2. The molecule has 0 aliphatic rings.